The van der Waals surface area contributed by atoms with E-state index < -0.39 is 0 Å². The monoisotopic (exact) mass is 385 g/mol. The zero-order valence-corrected chi connectivity index (χ0v) is 14.7. The number of anilines is 1. The first kappa shape index (κ1) is 14.6. The third kappa shape index (κ3) is 3.03. The summed E-state index contributed by atoms with van der Waals surface area (Å²) in [6.07, 6.45) is 0. The number of hydrogen-bond donors (Lipinski definition) is 1. The van der Waals surface area contributed by atoms with Crippen molar-refractivity contribution in [2.45, 2.75) is 27.3 Å². The normalized spacial score (nSPS) is 10.8. The number of nitrogens with zero attached hydrogens (tertiary/aromatic N) is 2. The summed E-state index contributed by atoms with van der Waals surface area (Å²) in [5.41, 5.74) is 5.79. The molecule has 0 saturated heterocycles. The zero-order chi connectivity index (χ0) is 14.2. The summed E-state index contributed by atoms with van der Waals surface area (Å²) in [4.78, 5) is 0. The molecule has 0 aliphatic heterocycles. The molecule has 0 fully saturated rings. The molecule has 0 atom stereocenters. The van der Waals surface area contributed by atoms with Gasteiger partial charge in [-0.1, -0.05) is 6.07 Å². The van der Waals surface area contributed by atoms with Crippen molar-refractivity contribution >= 4 is 37.5 Å². The highest BCUT2D eigenvalue weighted by Crippen LogP contribution is 2.29. The molecular weight excluding hydrogens is 370 g/mol. The molecule has 0 aliphatic carbocycles. The van der Waals surface area contributed by atoms with Gasteiger partial charge in [0.15, 0.2) is 0 Å². The fourth-order valence-corrected chi connectivity index (χ4v) is 3.47. The summed E-state index contributed by atoms with van der Waals surface area (Å²) >= 11 is 7.21. The second-order valence-electron chi connectivity index (χ2n) is 4.76. The van der Waals surface area contributed by atoms with Gasteiger partial charge in [0.1, 0.15) is 0 Å². The minimum atomic E-state index is 0.737. The van der Waals surface area contributed by atoms with E-state index in [1.54, 1.807) is 0 Å². The second-order valence-corrected chi connectivity index (χ2v) is 6.41. The summed E-state index contributed by atoms with van der Waals surface area (Å²) in [6.45, 7) is 6.95. The SMILES string of the molecule is Cc1cc(C)c(NCc2c(Br)c(C)nn2C)c(Br)c1. The maximum absolute atomic E-state index is 4.40. The van der Waals surface area contributed by atoms with Crippen molar-refractivity contribution in [3.05, 3.63) is 43.6 Å². The lowest BCUT2D eigenvalue weighted by Crippen LogP contribution is -2.07. The van der Waals surface area contributed by atoms with Gasteiger partial charge in [-0.25, -0.2) is 0 Å². The van der Waals surface area contributed by atoms with Crippen molar-refractivity contribution in [1.29, 1.82) is 0 Å². The smallest absolute Gasteiger partial charge is 0.0739 e. The van der Waals surface area contributed by atoms with Crippen molar-refractivity contribution in [3.8, 4) is 0 Å². The summed E-state index contributed by atoms with van der Waals surface area (Å²) in [6, 6.07) is 4.30. The highest BCUT2D eigenvalue weighted by molar-refractivity contribution is 9.11. The van der Waals surface area contributed by atoms with Crippen LogP contribution in [0.3, 0.4) is 0 Å². The van der Waals surface area contributed by atoms with E-state index in [-0.39, 0.29) is 0 Å². The molecule has 2 aromatic rings. The number of halogens is 2. The minimum absolute atomic E-state index is 0.737. The molecule has 2 rings (SSSR count). The molecule has 0 spiro atoms. The average molecular weight is 387 g/mol. The Bertz CT molecular complexity index is 594. The standard InChI is InChI=1S/C14H17Br2N3/c1-8-5-9(2)14(11(15)6-8)17-7-12-13(16)10(3)18-19(12)4/h5-6,17H,7H2,1-4H3. The van der Waals surface area contributed by atoms with Gasteiger partial charge in [-0.3, -0.25) is 4.68 Å². The first-order valence-corrected chi connectivity index (χ1v) is 7.67. The Kier molecular flexibility index (Phi) is 4.36. The lowest BCUT2D eigenvalue weighted by molar-refractivity contribution is 0.712. The maximum Gasteiger partial charge on any atom is 0.0739 e. The number of benzene rings is 1. The van der Waals surface area contributed by atoms with E-state index in [1.807, 2.05) is 18.7 Å². The summed E-state index contributed by atoms with van der Waals surface area (Å²) in [5.74, 6) is 0. The van der Waals surface area contributed by atoms with Crippen LogP contribution in [-0.2, 0) is 13.6 Å². The van der Waals surface area contributed by atoms with Crippen molar-refractivity contribution in [3.63, 3.8) is 0 Å². The van der Waals surface area contributed by atoms with Gasteiger partial charge in [0, 0.05) is 11.5 Å². The molecule has 19 heavy (non-hydrogen) atoms. The lowest BCUT2D eigenvalue weighted by atomic mass is 10.1. The molecule has 0 aliphatic rings. The van der Waals surface area contributed by atoms with Crippen molar-refractivity contribution in [1.82, 2.24) is 9.78 Å². The fourth-order valence-electron chi connectivity index (χ4n) is 2.18. The van der Waals surface area contributed by atoms with Crippen molar-refractivity contribution < 1.29 is 0 Å². The predicted molar refractivity (Wildman–Crippen MR) is 86.6 cm³/mol. The van der Waals surface area contributed by atoms with E-state index in [1.165, 1.54) is 11.1 Å². The first-order valence-electron chi connectivity index (χ1n) is 6.08. The Labute approximate surface area is 130 Å². The van der Waals surface area contributed by atoms with E-state index in [0.717, 1.165) is 32.6 Å². The molecule has 1 aromatic carbocycles. The van der Waals surface area contributed by atoms with E-state index in [0.29, 0.717) is 0 Å². The molecule has 0 amide bonds. The quantitative estimate of drug-likeness (QED) is 0.842. The van der Waals surface area contributed by atoms with Crippen LogP contribution >= 0.6 is 31.9 Å². The molecule has 1 N–H and O–H groups in total. The molecule has 0 saturated carbocycles. The van der Waals surface area contributed by atoms with Crippen molar-refractivity contribution in [2.24, 2.45) is 7.05 Å². The average Bonchev–Trinajstić information content (AvgIpc) is 2.53. The van der Waals surface area contributed by atoms with E-state index in [2.05, 4.69) is 68.3 Å². The zero-order valence-electron chi connectivity index (χ0n) is 11.5. The van der Waals surface area contributed by atoms with Crippen LogP contribution in [0.1, 0.15) is 22.5 Å². The van der Waals surface area contributed by atoms with Gasteiger partial charge in [-0.15, -0.1) is 0 Å². The molecule has 0 bridgehead atoms. The number of nitrogens with one attached hydrogen (secondary N) is 1. The van der Waals surface area contributed by atoms with Crippen LogP contribution in [0.2, 0.25) is 0 Å². The minimum Gasteiger partial charge on any atom is -0.378 e. The number of rotatable bonds is 3. The van der Waals surface area contributed by atoms with Gasteiger partial charge >= 0.3 is 0 Å². The Morgan fingerprint density at radius 1 is 1.21 bits per heavy atom. The largest absolute Gasteiger partial charge is 0.378 e. The third-order valence-electron chi connectivity index (χ3n) is 3.13. The molecule has 5 heteroatoms. The summed E-state index contributed by atoms with van der Waals surface area (Å²) < 4.78 is 4.08. The molecule has 0 radical (unpaired) electrons. The molecule has 3 nitrogen and oxygen atoms in total. The summed E-state index contributed by atoms with van der Waals surface area (Å²) in [5, 5.41) is 7.88. The van der Waals surface area contributed by atoms with Crippen LogP contribution in [-0.4, -0.2) is 9.78 Å². The van der Waals surface area contributed by atoms with Crippen LogP contribution in [0, 0.1) is 20.8 Å². The van der Waals surface area contributed by atoms with Gasteiger partial charge in [0.25, 0.3) is 0 Å². The van der Waals surface area contributed by atoms with Crippen molar-refractivity contribution in [2.75, 3.05) is 5.32 Å². The van der Waals surface area contributed by atoms with Gasteiger partial charge < -0.3 is 5.32 Å². The predicted octanol–water partition coefficient (Wildman–Crippen LogP) is 4.48. The highest BCUT2D eigenvalue weighted by atomic mass is 79.9. The van der Waals surface area contributed by atoms with Crippen LogP contribution in [0.4, 0.5) is 5.69 Å². The van der Waals surface area contributed by atoms with Crippen LogP contribution in [0.25, 0.3) is 0 Å². The fraction of sp³-hybridized carbons (Fsp3) is 0.357. The van der Waals surface area contributed by atoms with E-state index in [9.17, 15) is 0 Å². The number of aromatic nitrogens is 2. The van der Waals surface area contributed by atoms with E-state index >= 15 is 0 Å². The van der Waals surface area contributed by atoms with Crippen LogP contribution in [0.5, 0.6) is 0 Å². The molecule has 102 valence electrons. The Morgan fingerprint density at radius 2 is 1.89 bits per heavy atom. The van der Waals surface area contributed by atoms with Crippen LogP contribution in [0.15, 0.2) is 21.1 Å². The maximum atomic E-state index is 4.40. The lowest BCUT2D eigenvalue weighted by Gasteiger charge is -2.13. The topological polar surface area (TPSA) is 29.9 Å². The molecule has 1 heterocycles. The Morgan fingerprint density at radius 3 is 2.42 bits per heavy atom. The molecule has 1 aromatic heterocycles. The number of aryl methyl sites for hydroxylation is 4. The van der Waals surface area contributed by atoms with Gasteiger partial charge in [-0.2, -0.15) is 5.10 Å². The Balaban J connectivity index is 2.24. The van der Waals surface area contributed by atoms with Gasteiger partial charge in [-0.05, 0) is 69.8 Å². The highest BCUT2D eigenvalue weighted by Gasteiger charge is 2.11. The van der Waals surface area contributed by atoms with Gasteiger partial charge in [0.2, 0.25) is 0 Å². The Hall–Kier alpha value is -0.810. The van der Waals surface area contributed by atoms with Gasteiger partial charge in [0.05, 0.1) is 28.1 Å². The second kappa shape index (κ2) is 5.67. The number of hydrogen-bond acceptors (Lipinski definition) is 2. The molecule has 0 unspecified atom stereocenters. The van der Waals surface area contributed by atoms with E-state index in [4.69, 9.17) is 0 Å². The molecular formula is C14H17Br2N3. The summed E-state index contributed by atoms with van der Waals surface area (Å²) in [7, 11) is 1.96. The first-order chi connectivity index (χ1) is 8.90. The third-order valence-corrected chi connectivity index (χ3v) is 4.78. The van der Waals surface area contributed by atoms with Crippen LogP contribution < -0.4 is 5.32 Å².